The van der Waals surface area contributed by atoms with Gasteiger partial charge in [-0.3, -0.25) is 4.68 Å². The van der Waals surface area contributed by atoms with Crippen LogP contribution in [0.5, 0.6) is 0 Å². The summed E-state index contributed by atoms with van der Waals surface area (Å²) >= 11 is 0. The van der Waals surface area contributed by atoms with Gasteiger partial charge in [-0.05, 0) is 26.3 Å². The fourth-order valence-electron chi connectivity index (χ4n) is 1.45. The second-order valence-corrected chi connectivity index (χ2v) is 8.04. The molecule has 1 heterocycles. The van der Waals surface area contributed by atoms with Crippen LogP contribution < -0.4 is 5.32 Å². The first-order valence-electron chi connectivity index (χ1n) is 6.62. The van der Waals surface area contributed by atoms with Gasteiger partial charge in [0.15, 0.2) is 15.7 Å². The number of hydrogen-bond donors (Lipinski definition) is 1. The van der Waals surface area contributed by atoms with E-state index < -0.39 is 9.84 Å². The molecule has 0 amide bonds. The molecule has 1 N–H and O–H groups in total. The highest BCUT2D eigenvalue weighted by molar-refractivity contribution is 7.91. The maximum Gasteiger partial charge on any atom is 0.164 e. The van der Waals surface area contributed by atoms with E-state index in [1.807, 2.05) is 0 Å². The molecule has 0 aliphatic carbocycles. The first-order valence-corrected chi connectivity index (χ1v) is 8.33. The molecule has 0 radical (unpaired) electrons. The standard InChI is InChI=1S/C12H24N4O2S/c1-10(2)7-13-8-12-14-9-16(15-12)5-6-19(17,18)11(3)4/h9-11,13H,5-8H2,1-4H3. The maximum atomic E-state index is 11.7. The molecule has 0 aromatic carbocycles. The van der Waals surface area contributed by atoms with Crippen molar-refractivity contribution in [3.8, 4) is 0 Å². The van der Waals surface area contributed by atoms with Gasteiger partial charge >= 0.3 is 0 Å². The molecule has 19 heavy (non-hydrogen) atoms. The van der Waals surface area contributed by atoms with Gasteiger partial charge in [0.05, 0.1) is 24.1 Å². The molecular weight excluding hydrogens is 264 g/mol. The molecule has 6 nitrogen and oxygen atoms in total. The van der Waals surface area contributed by atoms with Gasteiger partial charge in [0.1, 0.15) is 6.33 Å². The van der Waals surface area contributed by atoms with E-state index in [2.05, 4.69) is 29.2 Å². The summed E-state index contributed by atoms with van der Waals surface area (Å²) in [4.78, 5) is 4.15. The Hall–Kier alpha value is -0.950. The minimum absolute atomic E-state index is 0.104. The van der Waals surface area contributed by atoms with Crippen LogP contribution in [-0.2, 0) is 22.9 Å². The number of rotatable bonds is 8. The molecule has 0 fully saturated rings. The van der Waals surface area contributed by atoms with Gasteiger partial charge in [-0.25, -0.2) is 13.4 Å². The third-order valence-electron chi connectivity index (χ3n) is 2.74. The summed E-state index contributed by atoms with van der Waals surface area (Å²) in [6.07, 6.45) is 1.59. The molecule has 0 unspecified atom stereocenters. The van der Waals surface area contributed by atoms with Gasteiger partial charge in [-0.2, -0.15) is 5.10 Å². The van der Waals surface area contributed by atoms with Crippen molar-refractivity contribution in [2.75, 3.05) is 12.3 Å². The Morgan fingerprint density at radius 2 is 2.00 bits per heavy atom. The average molecular weight is 288 g/mol. The highest BCUT2D eigenvalue weighted by Gasteiger charge is 2.16. The van der Waals surface area contributed by atoms with Gasteiger partial charge in [0.2, 0.25) is 0 Å². The third kappa shape index (κ3) is 5.69. The van der Waals surface area contributed by atoms with Crippen LogP contribution in [-0.4, -0.2) is 40.7 Å². The molecule has 1 aromatic heterocycles. The Labute approximate surface area is 115 Å². The van der Waals surface area contributed by atoms with Crippen molar-refractivity contribution >= 4 is 9.84 Å². The van der Waals surface area contributed by atoms with Crippen molar-refractivity contribution in [3.05, 3.63) is 12.2 Å². The Bertz CT molecular complexity index is 480. The fraction of sp³-hybridized carbons (Fsp3) is 0.833. The van der Waals surface area contributed by atoms with Crippen molar-refractivity contribution in [2.45, 2.75) is 46.0 Å². The van der Waals surface area contributed by atoms with Gasteiger partial charge < -0.3 is 5.32 Å². The van der Waals surface area contributed by atoms with E-state index in [1.165, 1.54) is 0 Å². The van der Waals surface area contributed by atoms with Crippen molar-refractivity contribution in [2.24, 2.45) is 5.92 Å². The van der Waals surface area contributed by atoms with E-state index in [-0.39, 0.29) is 11.0 Å². The fourth-order valence-corrected chi connectivity index (χ4v) is 2.36. The Kier molecular flexibility index (Phi) is 5.93. The van der Waals surface area contributed by atoms with Crippen molar-refractivity contribution in [1.29, 1.82) is 0 Å². The Morgan fingerprint density at radius 3 is 2.58 bits per heavy atom. The summed E-state index contributed by atoms with van der Waals surface area (Å²) in [6.45, 7) is 9.54. The smallest absolute Gasteiger partial charge is 0.164 e. The van der Waals surface area contributed by atoms with Gasteiger partial charge in [-0.1, -0.05) is 13.8 Å². The molecule has 1 rings (SSSR count). The predicted molar refractivity (Wildman–Crippen MR) is 75.5 cm³/mol. The number of hydrogen-bond acceptors (Lipinski definition) is 5. The van der Waals surface area contributed by atoms with E-state index in [9.17, 15) is 8.42 Å². The molecule has 0 bridgehead atoms. The summed E-state index contributed by atoms with van der Waals surface area (Å²) in [5, 5.41) is 7.15. The van der Waals surface area contributed by atoms with Crippen LogP contribution in [0.25, 0.3) is 0 Å². The first-order chi connectivity index (χ1) is 8.81. The van der Waals surface area contributed by atoms with Gasteiger partial charge in [0.25, 0.3) is 0 Å². The first kappa shape index (κ1) is 16.1. The highest BCUT2D eigenvalue weighted by Crippen LogP contribution is 2.02. The zero-order valence-corrected chi connectivity index (χ0v) is 12.9. The number of aryl methyl sites for hydroxylation is 1. The maximum absolute atomic E-state index is 11.7. The van der Waals surface area contributed by atoms with E-state index in [1.54, 1.807) is 24.9 Å². The lowest BCUT2D eigenvalue weighted by Gasteiger charge is -2.07. The molecule has 110 valence electrons. The second kappa shape index (κ2) is 7.00. The third-order valence-corrected chi connectivity index (χ3v) is 4.93. The zero-order chi connectivity index (χ0) is 14.5. The average Bonchev–Trinajstić information content (AvgIpc) is 2.74. The Morgan fingerprint density at radius 1 is 1.32 bits per heavy atom. The minimum Gasteiger partial charge on any atom is -0.310 e. The second-order valence-electron chi connectivity index (χ2n) is 5.36. The lowest BCUT2D eigenvalue weighted by Crippen LogP contribution is -2.22. The highest BCUT2D eigenvalue weighted by atomic mass is 32.2. The van der Waals surface area contributed by atoms with E-state index in [0.29, 0.717) is 24.8 Å². The quantitative estimate of drug-likeness (QED) is 0.767. The van der Waals surface area contributed by atoms with Crippen LogP contribution in [0.2, 0.25) is 0 Å². The molecule has 7 heteroatoms. The van der Waals surface area contributed by atoms with Crippen LogP contribution >= 0.6 is 0 Å². The van der Waals surface area contributed by atoms with Crippen molar-refractivity contribution in [1.82, 2.24) is 20.1 Å². The molecule has 0 aliphatic rings. The normalized spacial score (nSPS) is 12.5. The topological polar surface area (TPSA) is 76.9 Å². The largest absolute Gasteiger partial charge is 0.310 e. The summed E-state index contributed by atoms with van der Waals surface area (Å²) in [5.74, 6) is 1.38. The lowest BCUT2D eigenvalue weighted by atomic mass is 10.2. The minimum atomic E-state index is -3.02. The molecule has 0 saturated carbocycles. The number of aromatic nitrogens is 3. The van der Waals surface area contributed by atoms with E-state index in [0.717, 1.165) is 6.54 Å². The van der Waals surface area contributed by atoms with E-state index in [4.69, 9.17) is 0 Å². The van der Waals surface area contributed by atoms with E-state index >= 15 is 0 Å². The van der Waals surface area contributed by atoms with Crippen LogP contribution in [0.3, 0.4) is 0 Å². The summed E-state index contributed by atoms with van der Waals surface area (Å²) in [7, 11) is -3.02. The van der Waals surface area contributed by atoms with Crippen molar-refractivity contribution in [3.63, 3.8) is 0 Å². The number of sulfone groups is 1. The lowest BCUT2D eigenvalue weighted by molar-refractivity contribution is 0.537. The van der Waals surface area contributed by atoms with Gasteiger partial charge in [0, 0.05) is 0 Å². The van der Waals surface area contributed by atoms with Crippen LogP contribution in [0.1, 0.15) is 33.5 Å². The molecule has 0 atom stereocenters. The summed E-state index contributed by atoms with van der Waals surface area (Å²) < 4.78 is 25.0. The monoisotopic (exact) mass is 288 g/mol. The zero-order valence-electron chi connectivity index (χ0n) is 12.1. The number of nitrogens with zero attached hydrogens (tertiary/aromatic N) is 3. The van der Waals surface area contributed by atoms with Crippen LogP contribution in [0.4, 0.5) is 0 Å². The SMILES string of the molecule is CC(C)CNCc1ncn(CCS(=O)(=O)C(C)C)n1. The molecule has 0 aliphatic heterocycles. The predicted octanol–water partition coefficient (Wildman–Crippen LogP) is 0.847. The molecule has 0 spiro atoms. The molecule has 1 aromatic rings. The van der Waals surface area contributed by atoms with Crippen LogP contribution in [0.15, 0.2) is 6.33 Å². The molecule has 0 saturated heterocycles. The van der Waals surface area contributed by atoms with Crippen molar-refractivity contribution < 1.29 is 8.42 Å². The van der Waals surface area contributed by atoms with Crippen LogP contribution in [0, 0.1) is 5.92 Å². The summed E-state index contributed by atoms with van der Waals surface area (Å²) in [6, 6.07) is 0. The number of nitrogens with one attached hydrogen (secondary N) is 1. The Balaban J connectivity index is 2.43. The van der Waals surface area contributed by atoms with Gasteiger partial charge in [-0.15, -0.1) is 0 Å². The summed E-state index contributed by atoms with van der Waals surface area (Å²) in [5.41, 5.74) is 0. The molecular formula is C12H24N4O2S.